The van der Waals surface area contributed by atoms with Crippen LogP contribution in [0.25, 0.3) is 0 Å². The summed E-state index contributed by atoms with van der Waals surface area (Å²) >= 11 is 0. The van der Waals surface area contributed by atoms with Gasteiger partial charge in [-0.2, -0.15) is 18.3 Å². The number of hydrogen-bond donors (Lipinski definition) is 1. The molecule has 178 valence electrons. The summed E-state index contributed by atoms with van der Waals surface area (Å²) in [5.41, 5.74) is 1.15. The van der Waals surface area contributed by atoms with Crippen molar-refractivity contribution in [2.75, 3.05) is 18.0 Å². The van der Waals surface area contributed by atoms with Crippen LogP contribution in [0.2, 0.25) is 0 Å². The minimum absolute atomic E-state index is 0.0763. The zero-order valence-electron chi connectivity index (χ0n) is 17.9. The van der Waals surface area contributed by atoms with E-state index in [4.69, 9.17) is 4.74 Å². The van der Waals surface area contributed by atoms with Crippen LogP contribution in [0, 0.1) is 0 Å². The number of hydrazone groups is 1. The Morgan fingerprint density at radius 3 is 2.24 bits per heavy atom. The molecule has 11 heteroatoms. The highest BCUT2D eigenvalue weighted by atomic mass is 32.2. The van der Waals surface area contributed by atoms with E-state index in [2.05, 4.69) is 10.5 Å². The fourth-order valence-electron chi connectivity index (χ4n) is 2.99. The Hall–Kier alpha value is -3.86. The molecule has 1 amide bonds. The summed E-state index contributed by atoms with van der Waals surface area (Å²) in [6.07, 6.45) is -3.74. The minimum atomic E-state index is -4.59. The van der Waals surface area contributed by atoms with Crippen molar-refractivity contribution in [3.05, 3.63) is 90.0 Å². The normalized spacial score (nSPS) is 11.9. The number of amides is 1. The largest absolute Gasteiger partial charge is 0.497 e. The summed E-state index contributed by atoms with van der Waals surface area (Å²) in [6, 6.07) is 18.3. The molecule has 34 heavy (non-hydrogen) atoms. The fraction of sp³-hybridized carbons (Fsp3) is 0.130. The average Bonchev–Trinajstić information content (AvgIpc) is 2.82. The first-order chi connectivity index (χ1) is 16.1. The predicted molar refractivity (Wildman–Crippen MR) is 121 cm³/mol. The average molecular weight is 491 g/mol. The quantitative estimate of drug-likeness (QED) is 0.380. The first-order valence-electron chi connectivity index (χ1n) is 9.83. The number of benzene rings is 3. The maximum absolute atomic E-state index is 13.3. The molecule has 0 atom stereocenters. The lowest BCUT2D eigenvalue weighted by Gasteiger charge is -2.23. The second kappa shape index (κ2) is 10.4. The van der Waals surface area contributed by atoms with Gasteiger partial charge in [0.1, 0.15) is 12.3 Å². The van der Waals surface area contributed by atoms with E-state index in [9.17, 15) is 26.4 Å². The van der Waals surface area contributed by atoms with Crippen LogP contribution in [-0.4, -0.2) is 34.2 Å². The monoisotopic (exact) mass is 491 g/mol. The Morgan fingerprint density at radius 1 is 1.00 bits per heavy atom. The van der Waals surface area contributed by atoms with Gasteiger partial charge in [-0.25, -0.2) is 13.8 Å². The number of alkyl halides is 3. The standard InChI is InChI=1S/C23H20F3N3O4S/c1-33-19-11-13-20(14-12-19)34(31,32)29(18-8-3-2-4-9-18)16-22(30)28-27-15-17-7-5-6-10-21(17)23(24,25)26/h2-15H,16H2,1H3,(H,28,30)/b27-15-. The molecule has 0 aromatic heterocycles. The molecule has 0 aliphatic heterocycles. The Balaban J connectivity index is 1.83. The first kappa shape index (κ1) is 24.8. The van der Waals surface area contributed by atoms with Crippen LogP contribution >= 0.6 is 0 Å². The Bertz CT molecular complexity index is 1260. The van der Waals surface area contributed by atoms with E-state index in [-0.39, 0.29) is 16.1 Å². The number of para-hydroxylation sites is 1. The number of sulfonamides is 1. The lowest BCUT2D eigenvalue weighted by molar-refractivity contribution is -0.137. The molecule has 7 nitrogen and oxygen atoms in total. The van der Waals surface area contributed by atoms with E-state index in [0.29, 0.717) is 5.75 Å². The Morgan fingerprint density at radius 2 is 1.62 bits per heavy atom. The van der Waals surface area contributed by atoms with Crippen molar-refractivity contribution >= 4 is 27.8 Å². The van der Waals surface area contributed by atoms with E-state index >= 15 is 0 Å². The number of rotatable bonds is 8. The molecular formula is C23H20F3N3O4S. The minimum Gasteiger partial charge on any atom is -0.497 e. The molecular weight excluding hydrogens is 471 g/mol. The third kappa shape index (κ3) is 5.93. The lowest BCUT2D eigenvalue weighted by atomic mass is 10.1. The van der Waals surface area contributed by atoms with Crippen LogP contribution in [0.15, 0.2) is 88.9 Å². The Kier molecular flexibility index (Phi) is 7.57. The van der Waals surface area contributed by atoms with Gasteiger partial charge in [-0.1, -0.05) is 36.4 Å². The molecule has 0 heterocycles. The van der Waals surface area contributed by atoms with Crippen LogP contribution in [0.3, 0.4) is 0 Å². The molecule has 1 N–H and O–H groups in total. The molecule has 0 spiro atoms. The van der Waals surface area contributed by atoms with Gasteiger partial charge < -0.3 is 4.74 Å². The molecule has 0 fully saturated rings. The molecule has 0 saturated heterocycles. The first-order valence-corrected chi connectivity index (χ1v) is 11.3. The predicted octanol–water partition coefficient (Wildman–Crippen LogP) is 4.06. The third-order valence-corrected chi connectivity index (χ3v) is 6.43. The lowest BCUT2D eigenvalue weighted by Crippen LogP contribution is -2.39. The topological polar surface area (TPSA) is 88.1 Å². The third-order valence-electron chi connectivity index (χ3n) is 4.64. The maximum Gasteiger partial charge on any atom is 0.417 e. The number of nitrogens with one attached hydrogen (secondary N) is 1. The maximum atomic E-state index is 13.3. The van der Waals surface area contributed by atoms with Gasteiger partial charge >= 0.3 is 6.18 Å². The highest BCUT2D eigenvalue weighted by Gasteiger charge is 2.32. The molecule has 3 rings (SSSR count). The van der Waals surface area contributed by atoms with Crippen molar-refractivity contribution < 1.29 is 31.1 Å². The summed E-state index contributed by atoms with van der Waals surface area (Å²) in [7, 11) is -2.72. The summed E-state index contributed by atoms with van der Waals surface area (Å²) in [6.45, 7) is -0.656. The molecule has 0 unspecified atom stereocenters. The van der Waals surface area contributed by atoms with Crippen molar-refractivity contribution in [3.8, 4) is 5.75 Å². The summed E-state index contributed by atoms with van der Waals surface area (Å²) in [5.74, 6) is -0.391. The Labute approximate surface area is 194 Å². The van der Waals surface area contributed by atoms with Gasteiger partial charge in [0, 0.05) is 5.56 Å². The number of nitrogens with zero attached hydrogens (tertiary/aromatic N) is 2. The molecule has 0 radical (unpaired) electrons. The SMILES string of the molecule is COc1ccc(S(=O)(=O)N(CC(=O)N/N=C\c2ccccc2C(F)(F)F)c2ccccc2)cc1. The van der Waals surface area contributed by atoms with E-state index in [1.54, 1.807) is 18.2 Å². The van der Waals surface area contributed by atoms with Gasteiger partial charge in [0.05, 0.1) is 29.5 Å². The van der Waals surface area contributed by atoms with Gasteiger partial charge in [0.25, 0.3) is 15.9 Å². The summed E-state index contributed by atoms with van der Waals surface area (Å²) < 4.78 is 71.8. The summed E-state index contributed by atoms with van der Waals surface area (Å²) in [5, 5.41) is 3.58. The number of ether oxygens (including phenoxy) is 1. The number of carbonyl (C=O) groups excluding carboxylic acids is 1. The van der Waals surface area contributed by atoms with Crippen LogP contribution in [0.1, 0.15) is 11.1 Å². The van der Waals surface area contributed by atoms with Gasteiger partial charge in [0.15, 0.2) is 0 Å². The van der Waals surface area contributed by atoms with Crippen LogP contribution in [0.4, 0.5) is 18.9 Å². The van der Waals surface area contributed by atoms with Crippen LogP contribution in [0.5, 0.6) is 5.75 Å². The number of carbonyl (C=O) groups is 1. The zero-order valence-corrected chi connectivity index (χ0v) is 18.7. The van der Waals surface area contributed by atoms with Gasteiger partial charge in [-0.3, -0.25) is 9.10 Å². The van der Waals surface area contributed by atoms with Crippen LogP contribution < -0.4 is 14.5 Å². The van der Waals surface area contributed by atoms with Crippen molar-refractivity contribution in [1.82, 2.24) is 5.43 Å². The van der Waals surface area contributed by atoms with Crippen molar-refractivity contribution in [3.63, 3.8) is 0 Å². The van der Waals surface area contributed by atoms with Crippen molar-refractivity contribution in [2.24, 2.45) is 5.10 Å². The van der Waals surface area contributed by atoms with E-state index in [0.717, 1.165) is 16.6 Å². The molecule has 0 saturated carbocycles. The number of hydrogen-bond acceptors (Lipinski definition) is 5. The smallest absolute Gasteiger partial charge is 0.417 e. The van der Waals surface area contributed by atoms with Gasteiger partial charge in [-0.15, -0.1) is 0 Å². The second-order valence-electron chi connectivity index (χ2n) is 6.90. The highest BCUT2D eigenvalue weighted by molar-refractivity contribution is 7.92. The number of anilines is 1. The van der Waals surface area contributed by atoms with E-state index in [1.807, 2.05) is 0 Å². The van der Waals surface area contributed by atoms with Gasteiger partial charge in [0.2, 0.25) is 0 Å². The van der Waals surface area contributed by atoms with Crippen molar-refractivity contribution in [2.45, 2.75) is 11.1 Å². The number of halogens is 3. The second-order valence-corrected chi connectivity index (χ2v) is 8.76. The molecule has 0 aliphatic rings. The highest BCUT2D eigenvalue weighted by Crippen LogP contribution is 2.31. The fourth-order valence-corrected chi connectivity index (χ4v) is 4.41. The molecule has 3 aromatic carbocycles. The number of methoxy groups -OCH3 is 1. The van der Waals surface area contributed by atoms with E-state index in [1.165, 1.54) is 61.7 Å². The van der Waals surface area contributed by atoms with Crippen LogP contribution in [-0.2, 0) is 21.0 Å². The van der Waals surface area contributed by atoms with Crippen molar-refractivity contribution in [1.29, 1.82) is 0 Å². The summed E-state index contributed by atoms with van der Waals surface area (Å²) in [4.78, 5) is 12.4. The zero-order chi connectivity index (χ0) is 24.8. The van der Waals surface area contributed by atoms with Gasteiger partial charge in [-0.05, 0) is 42.5 Å². The molecule has 3 aromatic rings. The van der Waals surface area contributed by atoms with E-state index < -0.39 is 34.2 Å². The molecule has 0 bridgehead atoms. The molecule has 0 aliphatic carbocycles.